The molecular formula is C28H30O10. The highest BCUT2D eigenvalue weighted by Crippen LogP contribution is 2.40. The fourth-order valence-corrected chi connectivity index (χ4v) is 3.60. The van der Waals surface area contributed by atoms with E-state index >= 15 is 0 Å². The number of phenolic OH excluding ortho intramolecular Hbond substituents is 2. The van der Waals surface area contributed by atoms with Gasteiger partial charge in [-0.2, -0.15) is 0 Å². The summed E-state index contributed by atoms with van der Waals surface area (Å²) in [5.41, 5.74) is 1.37. The Hall–Kier alpha value is -4.60. The molecule has 38 heavy (non-hydrogen) atoms. The van der Waals surface area contributed by atoms with Gasteiger partial charge in [0.05, 0.1) is 38.6 Å². The number of esters is 4. The number of hydrogen-bond donors (Lipinski definition) is 2. The van der Waals surface area contributed by atoms with E-state index in [9.17, 15) is 29.4 Å². The number of fused-ring (bicyclic) bond motifs is 1. The Kier molecular flexibility index (Phi) is 10.2. The molecule has 2 N–H and O–H groups in total. The van der Waals surface area contributed by atoms with E-state index in [4.69, 9.17) is 9.47 Å². The van der Waals surface area contributed by atoms with Gasteiger partial charge in [-0.3, -0.25) is 0 Å². The zero-order chi connectivity index (χ0) is 28.6. The second-order valence-electron chi connectivity index (χ2n) is 7.97. The smallest absolute Gasteiger partial charge is 0.342 e. The summed E-state index contributed by atoms with van der Waals surface area (Å²) >= 11 is 0. The van der Waals surface area contributed by atoms with Crippen LogP contribution in [0.1, 0.15) is 66.4 Å². The molecule has 3 rings (SSSR count). The largest absolute Gasteiger partial charge is 0.506 e. The lowest BCUT2D eigenvalue weighted by molar-refractivity contribution is 0.0473. The second kappa shape index (κ2) is 13.1. The monoisotopic (exact) mass is 526 g/mol. The number of aromatic hydroxyl groups is 2. The van der Waals surface area contributed by atoms with Crippen molar-refractivity contribution in [3.63, 3.8) is 0 Å². The van der Waals surface area contributed by atoms with Crippen molar-refractivity contribution in [3.05, 3.63) is 69.8 Å². The number of carbonyl (C=O) groups excluding carboxylic acids is 4. The topological polar surface area (TPSA) is 146 Å². The van der Waals surface area contributed by atoms with Gasteiger partial charge in [-0.05, 0) is 45.9 Å². The first-order chi connectivity index (χ1) is 18.0. The number of carbonyl (C=O) groups is 4. The molecule has 0 saturated heterocycles. The molecule has 10 heteroatoms. The summed E-state index contributed by atoms with van der Waals surface area (Å²) in [5.74, 6) is -3.71. The van der Waals surface area contributed by atoms with E-state index in [0.717, 1.165) is 11.1 Å². The van der Waals surface area contributed by atoms with Crippen LogP contribution in [0.4, 0.5) is 0 Å². The van der Waals surface area contributed by atoms with Crippen molar-refractivity contribution in [2.75, 3.05) is 27.4 Å². The van der Waals surface area contributed by atoms with Crippen molar-refractivity contribution in [3.8, 4) is 11.5 Å². The average Bonchev–Trinajstić information content (AvgIpc) is 2.90. The Morgan fingerprint density at radius 1 is 0.632 bits per heavy atom. The van der Waals surface area contributed by atoms with E-state index < -0.39 is 35.4 Å². The SMILES string of the molecule is CCOC(=O)c1c(C(=O)OCC)c(O)c2cc(C)ccc2c1O.COC(=O)c1ccc(C)cc1C(=O)OC. The molecule has 3 aromatic rings. The minimum atomic E-state index is -0.897. The molecular weight excluding hydrogens is 496 g/mol. The molecule has 0 heterocycles. The van der Waals surface area contributed by atoms with E-state index in [-0.39, 0.29) is 46.2 Å². The van der Waals surface area contributed by atoms with Gasteiger partial charge in [-0.1, -0.05) is 29.3 Å². The van der Waals surface area contributed by atoms with E-state index in [1.807, 2.05) is 6.92 Å². The molecule has 0 fully saturated rings. The molecule has 0 saturated carbocycles. The number of hydrogen-bond acceptors (Lipinski definition) is 10. The molecule has 0 aliphatic rings. The summed E-state index contributed by atoms with van der Waals surface area (Å²) in [5, 5.41) is 21.4. The number of ether oxygens (including phenoxy) is 4. The third-order valence-electron chi connectivity index (χ3n) is 5.35. The Morgan fingerprint density at radius 2 is 1.08 bits per heavy atom. The van der Waals surface area contributed by atoms with Crippen LogP contribution in [0.15, 0.2) is 36.4 Å². The van der Waals surface area contributed by atoms with Gasteiger partial charge in [-0.15, -0.1) is 0 Å². The normalized spacial score (nSPS) is 10.2. The molecule has 0 spiro atoms. The standard InChI is InChI=1S/C17H18O6.C11H12O4/c1-4-22-16(20)12-13(17(21)23-5-2)15(19)11-8-9(3)6-7-10(11)14(12)18;1-7-4-5-8(10(12)14-2)9(6-7)11(13)15-3/h6-8,18-19H,4-5H2,1-3H3;4-6H,1-3H3. The van der Waals surface area contributed by atoms with Gasteiger partial charge in [-0.25, -0.2) is 19.2 Å². The predicted octanol–water partition coefficient (Wildman–Crippen LogP) is 4.48. The summed E-state index contributed by atoms with van der Waals surface area (Å²) in [6.45, 7) is 6.96. The Morgan fingerprint density at radius 3 is 1.58 bits per heavy atom. The van der Waals surface area contributed by atoms with Crippen molar-refractivity contribution >= 4 is 34.6 Å². The molecule has 0 aliphatic heterocycles. The maximum absolute atomic E-state index is 12.2. The quantitative estimate of drug-likeness (QED) is 0.268. The highest BCUT2D eigenvalue weighted by molar-refractivity contribution is 6.14. The molecule has 0 unspecified atom stereocenters. The number of rotatable bonds is 6. The summed E-state index contributed by atoms with van der Waals surface area (Å²) in [6.07, 6.45) is 0. The first-order valence-electron chi connectivity index (χ1n) is 11.6. The van der Waals surface area contributed by atoms with Crippen LogP contribution >= 0.6 is 0 Å². The molecule has 0 amide bonds. The van der Waals surface area contributed by atoms with Gasteiger partial charge in [0.2, 0.25) is 0 Å². The highest BCUT2D eigenvalue weighted by Gasteiger charge is 2.30. The van der Waals surface area contributed by atoms with Gasteiger partial charge in [0.1, 0.15) is 22.6 Å². The fraction of sp³-hybridized carbons (Fsp3) is 0.286. The predicted molar refractivity (Wildman–Crippen MR) is 138 cm³/mol. The van der Waals surface area contributed by atoms with Crippen LogP contribution < -0.4 is 0 Å². The van der Waals surface area contributed by atoms with Gasteiger partial charge < -0.3 is 29.2 Å². The van der Waals surface area contributed by atoms with Crippen LogP contribution in [0.5, 0.6) is 11.5 Å². The molecule has 0 radical (unpaired) electrons. The van der Waals surface area contributed by atoms with Crippen molar-refractivity contribution in [2.24, 2.45) is 0 Å². The maximum Gasteiger partial charge on any atom is 0.342 e. The van der Waals surface area contributed by atoms with E-state index in [0.29, 0.717) is 0 Å². The summed E-state index contributed by atoms with van der Waals surface area (Å²) in [6, 6.07) is 9.78. The van der Waals surface area contributed by atoms with Crippen LogP contribution in [0.25, 0.3) is 10.8 Å². The van der Waals surface area contributed by atoms with Gasteiger partial charge in [0.25, 0.3) is 0 Å². The average molecular weight is 527 g/mol. The third kappa shape index (κ3) is 6.39. The molecule has 10 nitrogen and oxygen atoms in total. The number of methoxy groups -OCH3 is 2. The second-order valence-corrected chi connectivity index (χ2v) is 7.97. The summed E-state index contributed by atoms with van der Waals surface area (Å²) in [4.78, 5) is 47.0. The minimum absolute atomic E-state index is 0.0627. The number of aryl methyl sites for hydroxylation is 2. The van der Waals surface area contributed by atoms with Crippen LogP contribution in [0.3, 0.4) is 0 Å². The lowest BCUT2D eigenvalue weighted by Gasteiger charge is -2.15. The fourth-order valence-electron chi connectivity index (χ4n) is 3.60. The van der Waals surface area contributed by atoms with Crippen LogP contribution in [0, 0.1) is 13.8 Å². The van der Waals surface area contributed by atoms with E-state index in [1.165, 1.54) is 14.2 Å². The van der Waals surface area contributed by atoms with Gasteiger partial charge in [0.15, 0.2) is 0 Å². The van der Waals surface area contributed by atoms with Gasteiger partial charge >= 0.3 is 23.9 Å². The molecule has 0 atom stereocenters. The lowest BCUT2D eigenvalue weighted by atomic mass is 9.96. The highest BCUT2D eigenvalue weighted by atomic mass is 16.5. The molecule has 202 valence electrons. The Bertz CT molecular complexity index is 1370. The van der Waals surface area contributed by atoms with E-state index in [1.54, 1.807) is 57.2 Å². The van der Waals surface area contributed by atoms with Crippen molar-refractivity contribution in [2.45, 2.75) is 27.7 Å². The first-order valence-corrected chi connectivity index (χ1v) is 11.6. The number of phenols is 2. The zero-order valence-corrected chi connectivity index (χ0v) is 22.0. The van der Waals surface area contributed by atoms with Crippen molar-refractivity contribution < 1.29 is 48.3 Å². The van der Waals surface area contributed by atoms with Gasteiger partial charge in [0, 0.05) is 10.8 Å². The summed E-state index contributed by atoms with van der Waals surface area (Å²) < 4.78 is 18.9. The van der Waals surface area contributed by atoms with E-state index in [2.05, 4.69) is 9.47 Å². The van der Waals surface area contributed by atoms with Crippen LogP contribution in [0.2, 0.25) is 0 Å². The summed E-state index contributed by atoms with van der Waals surface area (Å²) in [7, 11) is 2.54. The molecule has 0 aliphatic carbocycles. The van der Waals surface area contributed by atoms with Crippen LogP contribution in [-0.4, -0.2) is 61.5 Å². The molecule has 0 aromatic heterocycles. The zero-order valence-electron chi connectivity index (χ0n) is 22.0. The van der Waals surface area contributed by atoms with Crippen molar-refractivity contribution in [1.29, 1.82) is 0 Å². The third-order valence-corrected chi connectivity index (χ3v) is 5.35. The maximum atomic E-state index is 12.2. The Labute approximate surface area is 219 Å². The Balaban J connectivity index is 0.000000293. The van der Waals surface area contributed by atoms with Crippen molar-refractivity contribution in [1.82, 2.24) is 0 Å². The number of benzene rings is 3. The minimum Gasteiger partial charge on any atom is -0.506 e. The lowest BCUT2D eigenvalue weighted by Crippen LogP contribution is -2.15. The molecule has 3 aromatic carbocycles. The van der Waals surface area contributed by atoms with Crippen LogP contribution in [-0.2, 0) is 18.9 Å². The first kappa shape index (κ1) is 29.6. The molecule has 0 bridgehead atoms.